The number of nitrogens with one attached hydrogen (secondary N) is 3. The molecule has 38 heavy (non-hydrogen) atoms. The van der Waals surface area contributed by atoms with Crippen molar-refractivity contribution in [2.45, 2.75) is 76.5 Å². The first-order chi connectivity index (χ1) is 17.9. The Morgan fingerprint density at radius 1 is 0.947 bits per heavy atom. The Morgan fingerprint density at radius 2 is 1.61 bits per heavy atom. The first-order valence-corrected chi connectivity index (χ1v) is 13.4. The van der Waals surface area contributed by atoms with E-state index in [-0.39, 0.29) is 28.9 Å². The van der Waals surface area contributed by atoms with Crippen LogP contribution < -0.4 is 15.5 Å². The first kappa shape index (κ1) is 24.7. The Kier molecular flexibility index (Phi) is 5.31. The monoisotopic (exact) mass is 513 g/mol. The molecule has 8 heteroatoms. The number of piperidine rings is 1. The summed E-state index contributed by atoms with van der Waals surface area (Å²) in [6.07, 6.45) is 2.22. The second kappa shape index (κ2) is 8.17. The van der Waals surface area contributed by atoms with Crippen LogP contribution in [0.5, 0.6) is 0 Å². The molecule has 4 amide bonds. The Hall–Kier alpha value is -3.65. The third-order valence-corrected chi connectivity index (χ3v) is 8.38. The first-order valence-electron chi connectivity index (χ1n) is 13.4. The summed E-state index contributed by atoms with van der Waals surface area (Å²) < 4.78 is 0. The molecule has 3 aromatic rings. The predicted molar refractivity (Wildman–Crippen MR) is 147 cm³/mol. The molecule has 3 aliphatic heterocycles. The fourth-order valence-electron chi connectivity index (χ4n) is 7.15. The molecule has 0 aliphatic carbocycles. The molecule has 0 spiro atoms. The van der Waals surface area contributed by atoms with Crippen molar-refractivity contribution in [2.24, 2.45) is 0 Å². The Balaban J connectivity index is 1.35. The molecular formula is C30H35N5O3. The lowest BCUT2D eigenvalue weighted by atomic mass is 9.79. The lowest BCUT2D eigenvalue weighted by Crippen LogP contribution is -2.62. The number of nitrogens with zero attached hydrogens (tertiary/aromatic N) is 2. The van der Waals surface area contributed by atoms with Crippen LogP contribution in [-0.2, 0) is 16.8 Å². The Labute approximate surface area is 222 Å². The molecule has 0 bridgehead atoms. The van der Waals surface area contributed by atoms with Gasteiger partial charge >= 0.3 is 6.03 Å². The average Bonchev–Trinajstić information content (AvgIpc) is 3.31. The van der Waals surface area contributed by atoms with Gasteiger partial charge in [0.25, 0.3) is 11.8 Å². The van der Waals surface area contributed by atoms with E-state index < -0.39 is 11.6 Å². The molecule has 3 N–H and O–H groups in total. The SMILES string of the molecule is CC1(C)CC(NC(=O)c2ccccc2N2C(=O)N3CCc4c([nH]c5ccccc45)[C@@]3(C)C2=O)CC(C)(C)N1. The van der Waals surface area contributed by atoms with Gasteiger partial charge in [0.05, 0.1) is 16.9 Å². The minimum atomic E-state index is -1.17. The molecule has 2 fully saturated rings. The van der Waals surface area contributed by atoms with Gasteiger partial charge in [-0.1, -0.05) is 30.3 Å². The summed E-state index contributed by atoms with van der Waals surface area (Å²) in [5.74, 6) is -0.625. The van der Waals surface area contributed by atoms with Gasteiger partial charge in [-0.05, 0) is 77.6 Å². The van der Waals surface area contributed by atoms with Crippen molar-refractivity contribution in [3.05, 3.63) is 65.4 Å². The van der Waals surface area contributed by atoms with Gasteiger partial charge in [0.15, 0.2) is 5.54 Å². The third kappa shape index (κ3) is 3.65. The van der Waals surface area contributed by atoms with Crippen LogP contribution in [0.15, 0.2) is 48.5 Å². The number of hydrogen-bond acceptors (Lipinski definition) is 4. The summed E-state index contributed by atoms with van der Waals surface area (Å²) in [6.45, 7) is 10.8. The van der Waals surface area contributed by atoms with Crippen molar-refractivity contribution >= 4 is 34.4 Å². The number of aromatic amines is 1. The van der Waals surface area contributed by atoms with Crippen LogP contribution in [0.4, 0.5) is 10.5 Å². The summed E-state index contributed by atoms with van der Waals surface area (Å²) in [4.78, 5) is 47.8. The lowest BCUT2D eigenvalue weighted by molar-refractivity contribution is -0.125. The molecule has 2 aromatic carbocycles. The van der Waals surface area contributed by atoms with Crippen LogP contribution in [0.1, 0.15) is 69.1 Å². The van der Waals surface area contributed by atoms with E-state index in [0.717, 1.165) is 35.0 Å². The van der Waals surface area contributed by atoms with Gasteiger partial charge in [-0.3, -0.25) is 9.59 Å². The molecule has 0 saturated carbocycles. The molecule has 0 unspecified atom stereocenters. The highest BCUT2D eigenvalue weighted by Crippen LogP contribution is 2.45. The smallest absolute Gasteiger partial charge is 0.332 e. The molecule has 3 aliphatic rings. The number of carbonyl (C=O) groups is 3. The summed E-state index contributed by atoms with van der Waals surface area (Å²) in [5, 5.41) is 7.91. The highest BCUT2D eigenvalue weighted by molar-refractivity contribution is 6.25. The van der Waals surface area contributed by atoms with Gasteiger partial charge in [-0.2, -0.15) is 0 Å². The van der Waals surface area contributed by atoms with Crippen molar-refractivity contribution in [1.29, 1.82) is 0 Å². The number of H-pyrrole nitrogens is 1. The standard InChI is InChI=1S/C30H35N5O3/c1-28(2)16-18(17-29(3,4)33-28)31-25(36)21-11-7-9-13-23(21)35-26(37)30(5)24-20(14-15-34(30)27(35)38)19-10-6-8-12-22(19)32-24/h6-13,18,32-33H,14-17H2,1-5H3,(H,31,36)/t30-/m0/s1. The number of rotatable bonds is 3. The number of amides is 4. The number of urea groups is 1. The maximum absolute atomic E-state index is 14.2. The molecule has 1 aromatic heterocycles. The number of anilines is 1. The number of fused-ring (bicyclic) bond motifs is 5. The molecule has 2 saturated heterocycles. The normalized spacial score (nSPS) is 24.4. The molecule has 6 rings (SSSR count). The van der Waals surface area contributed by atoms with Gasteiger partial charge in [0.1, 0.15) is 0 Å². The number of hydrogen-bond donors (Lipinski definition) is 3. The summed E-state index contributed by atoms with van der Waals surface area (Å²) in [7, 11) is 0. The molecule has 0 radical (unpaired) electrons. The topological polar surface area (TPSA) is 97.5 Å². The number of carbonyl (C=O) groups excluding carboxylic acids is 3. The van der Waals surface area contributed by atoms with E-state index in [1.54, 1.807) is 29.2 Å². The largest absolute Gasteiger partial charge is 0.356 e. The average molecular weight is 514 g/mol. The van der Waals surface area contributed by atoms with E-state index in [9.17, 15) is 14.4 Å². The van der Waals surface area contributed by atoms with Crippen LogP contribution in [0.25, 0.3) is 10.9 Å². The Bertz CT molecular complexity index is 1470. The minimum absolute atomic E-state index is 0.0375. The van der Waals surface area contributed by atoms with Crippen LogP contribution in [0.2, 0.25) is 0 Å². The molecule has 198 valence electrons. The quantitative estimate of drug-likeness (QED) is 0.451. The zero-order valence-corrected chi connectivity index (χ0v) is 22.6. The third-order valence-electron chi connectivity index (χ3n) is 8.38. The number of benzene rings is 2. The second-order valence-electron chi connectivity index (χ2n) is 12.4. The van der Waals surface area contributed by atoms with E-state index in [4.69, 9.17) is 0 Å². The highest BCUT2D eigenvalue weighted by Gasteiger charge is 2.59. The maximum atomic E-state index is 14.2. The summed E-state index contributed by atoms with van der Waals surface area (Å²) >= 11 is 0. The lowest BCUT2D eigenvalue weighted by Gasteiger charge is -2.46. The van der Waals surface area contributed by atoms with Crippen LogP contribution >= 0.6 is 0 Å². The van der Waals surface area contributed by atoms with E-state index in [1.807, 2.05) is 31.2 Å². The van der Waals surface area contributed by atoms with E-state index in [1.165, 1.54) is 4.90 Å². The van der Waals surface area contributed by atoms with Crippen molar-refractivity contribution in [1.82, 2.24) is 20.5 Å². The van der Waals surface area contributed by atoms with Gasteiger partial charge in [-0.25, -0.2) is 9.69 Å². The fourth-order valence-corrected chi connectivity index (χ4v) is 7.15. The Morgan fingerprint density at radius 3 is 2.34 bits per heavy atom. The minimum Gasteiger partial charge on any atom is -0.356 e. The van der Waals surface area contributed by atoms with E-state index in [0.29, 0.717) is 24.2 Å². The van der Waals surface area contributed by atoms with Crippen molar-refractivity contribution in [3.8, 4) is 0 Å². The maximum Gasteiger partial charge on any atom is 0.332 e. The highest BCUT2D eigenvalue weighted by atomic mass is 16.2. The predicted octanol–water partition coefficient (Wildman–Crippen LogP) is 4.45. The van der Waals surface area contributed by atoms with Gasteiger partial charge < -0.3 is 20.5 Å². The molecular weight excluding hydrogens is 478 g/mol. The molecule has 1 atom stereocenters. The van der Waals surface area contributed by atoms with Crippen molar-refractivity contribution in [2.75, 3.05) is 11.4 Å². The fraction of sp³-hybridized carbons (Fsp3) is 0.433. The van der Waals surface area contributed by atoms with Crippen LogP contribution in [-0.4, -0.2) is 51.4 Å². The van der Waals surface area contributed by atoms with E-state index in [2.05, 4.69) is 43.3 Å². The van der Waals surface area contributed by atoms with Crippen LogP contribution in [0.3, 0.4) is 0 Å². The number of para-hydroxylation sites is 2. The van der Waals surface area contributed by atoms with Crippen molar-refractivity contribution < 1.29 is 14.4 Å². The number of aromatic nitrogens is 1. The zero-order chi connectivity index (χ0) is 27.0. The summed E-state index contributed by atoms with van der Waals surface area (Å²) in [5.41, 5.74) is 1.99. The molecule has 4 heterocycles. The second-order valence-corrected chi connectivity index (χ2v) is 12.4. The van der Waals surface area contributed by atoms with E-state index >= 15 is 0 Å². The van der Waals surface area contributed by atoms with Gasteiger partial charge in [0.2, 0.25) is 0 Å². The van der Waals surface area contributed by atoms with Crippen LogP contribution in [0, 0.1) is 0 Å². The summed E-state index contributed by atoms with van der Waals surface area (Å²) in [6, 6.07) is 14.5. The van der Waals surface area contributed by atoms with Gasteiger partial charge in [-0.15, -0.1) is 0 Å². The van der Waals surface area contributed by atoms with Gasteiger partial charge in [0, 0.05) is 34.6 Å². The van der Waals surface area contributed by atoms with Crippen molar-refractivity contribution in [3.63, 3.8) is 0 Å². The molecule has 8 nitrogen and oxygen atoms in total. The zero-order valence-electron chi connectivity index (χ0n) is 22.6. The number of imide groups is 1.